The third-order valence-electron chi connectivity index (χ3n) is 4.85. The van der Waals surface area contributed by atoms with E-state index in [1.54, 1.807) is 12.4 Å². The Kier molecular flexibility index (Phi) is 4.00. The van der Waals surface area contributed by atoms with Gasteiger partial charge in [-0.25, -0.2) is 18.1 Å². The molecule has 0 bridgehead atoms. The highest BCUT2D eigenvalue weighted by Gasteiger charge is 2.35. The monoisotopic (exact) mass is 361 g/mol. The third kappa shape index (κ3) is 2.91. The fourth-order valence-corrected chi connectivity index (χ4v) is 5.01. The number of nitrogens with one attached hydrogen (secondary N) is 1. The van der Waals surface area contributed by atoms with Gasteiger partial charge in [-0.3, -0.25) is 0 Å². The van der Waals surface area contributed by atoms with Crippen LogP contribution >= 0.6 is 0 Å². The number of nitrogens with zero attached hydrogens (tertiary/aromatic N) is 2. The molecule has 2 aliphatic rings. The minimum atomic E-state index is -3.20. The van der Waals surface area contributed by atoms with Gasteiger partial charge in [-0.15, -0.1) is 0 Å². The molecule has 4 rings (SSSR count). The van der Waals surface area contributed by atoms with E-state index in [2.05, 4.69) is 9.71 Å². The smallest absolute Gasteiger partial charge is 0.366 e. The van der Waals surface area contributed by atoms with Gasteiger partial charge in [0.15, 0.2) is 5.65 Å². The lowest BCUT2D eigenvalue weighted by atomic mass is 9.76. The summed E-state index contributed by atoms with van der Waals surface area (Å²) in [6.45, 7) is 1.85. The van der Waals surface area contributed by atoms with Gasteiger partial charge in [-0.05, 0) is 30.7 Å². The molecular formula is C16H20BN3O4S. The average Bonchev–Trinajstić information content (AvgIpc) is 2.87. The second-order valence-electron chi connectivity index (χ2n) is 6.68. The molecule has 0 radical (unpaired) electrons. The molecule has 9 heteroatoms. The van der Waals surface area contributed by atoms with E-state index in [0.29, 0.717) is 25.3 Å². The lowest BCUT2D eigenvalue weighted by Gasteiger charge is -2.35. The molecule has 1 fully saturated rings. The van der Waals surface area contributed by atoms with Crippen molar-refractivity contribution in [2.24, 2.45) is 0 Å². The number of sulfonamides is 1. The molecule has 1 saturated carbocycles. The second kappa shape index (κ2) is 6.07. The number of aromatic nitrogens is 2. The molecule has 2 aromatic heterocycles. The molecule has 2 N–H and O–H groups in total. The number of fused-ring (bicyclic) bond motifs is 3. The SMILES string of the molecule is CCCS(=O)(=O)NC1CC(c2cn(O)c3ncc4c(c23)C=CBO4)C1. The molecule has 7 nitrogen and oxygen atoms in total. The predicted octanol–water partition coefficient (Wildman–Crippen LogP) is 1.56. The summed E-state index contributed by atoms with van der Waals surface area (Å²) < 4.78 is 33.2. The van der Waals surface area contributed by atoms with E-state index < -0.39 is 10.0 Å². The summed E-state index contributed by atoms with van der Waals surface area (Å²) in [6.07, 6.45) is 7.34. The number of pyridine rings is 1. The lowest BCUT2D eigenvalue weighted by Crippen LogP contribution is -2.44. The zero-order valence-electron chi connectivity index (χ0n) is 14.0. The molecule has 1 aliphatic carbocycles. The summed E-state index contributed by atoms with van der Waals surface area (Å²) in [5.74, 6) is 2.99. The van der Waals surface area contributed by atoms with Crippen LogP contribution in [0, 0.1) is 0 Å². The Bertz CT molecular complexity index is 948. The summed E-state index contributed by atoms with van der Waals surface area (Å²) in [6, 6.07) is -0.0436. The highest BCUT2D eigenvalue weighted by Crippen LogP contribution is 2.43. The van der Waals surface area contributed by atoms with Gasteiger partial charge in [0.05, 0.1) is 11.9 Å². The maximum absolute atomic E-state index is 11.9. The van der Waals surface area contributed by atoms with Crippen LogP contribution in [0.15, 0.2) is 18.4 Å². The first-order valence-corrected chi connectivity index (χ1v) is 10.2. The standard InChI is InChI=1S/C16H20BN3O4S/c1-2-5-25(22,23)19-11-6-10(7-11)13-9-20(21)16-15(13)12-3-4-17-24-14(12)8-18-16/h3-4,8-11,17,19,21H,2,5-7H2,1H3. The minimum absolute atomic E-state index is 0.0436. The average molecular weight is 361 g/mol. The van der Waals surface area contributed by atoms with Crippen molar-refractivity contribution in [3.63, 3.8) is 0 Å². The van der Waals surface area contributed by atoms with Gasteiger partial charge in [0.1, 0.15) is 5.75 Å². The molecule has 1 aliphatic heterocycles. The molecule has 0 unspecified atom stereocenters. The Labute approximate surface area is 147 Å². The van der Waals surface area contributed by atoms with E-state index in [1.165, 1.54) is 0 Å². The van der Waals surface area contributed by atoms with Crippen LogP contribution in [0.4, 0.5) is 0 Å². The Morgan fingerprint density at radius 2 is 2.28 bits per heavy atom. The van der Waals surface area contributed by atoms with E-state index in [1.807, 2.05) is 19.0 Å². The second-order valence-corrected chi connectivity index (χ2v) is 8.55. The fraction of sp³-hybridized carbons (Fsp3) is 0.438. The first-order valence-electron chi connectivity index (χ1n) is 8.51. The summed E-state index contributed by atoms with van der Waals surface area (Å²) in [4.78, 5) is 4.30. The molecule has 25 heavy (non-hydrogen) atoms. The van der Waals surface area contributed by atoms with Crippen molar-refractivity contribution in [3.8, 4) is 5.75 Å². The highest BCUT2D eigenvalue weighted by atomic mass is 32.2. The van der Waals surface area contributed by atoms with Gasteiger partial charge in [0.25, 0.3) is 0 Å². The van der Waals surface area contributed by atoms with Crippen molar-refractivity contribution in [2.75, 3.05) is 5.75 Å². The lowest BCUT2D eigenvalue weighted by molar-refractivity contribution is 0.196. The molecule has 0 saturated heterocycles. The van der Waals surface area contributed by atoms with E-state index in [-0.39, 0.29) is 17.7 Å². The van der Waals surface area contributed by atoms with Crippen LogP contribution in [0.2, 0.25) is 0 Å². The van der Waals surface area contributed by atoms with Crippen LogP contribution in [-0.2, 0) is 10.0 Å². The van der Waals surface area contributed by atoms with Crippen LogP contribution in [0.1, 0.15) is 43.2 Å². The molecule has 0 amide bonds. The van der Waals surface area contributed by atoms with E-state index in [9.17, 15) is 13.6 Å². The van der Waals surface area contributed by atoms with Crippen LogP contribution < -0.4 is 9.38 Å². The first-order chi connectivity index (χ1) is 12.0. The topological polar surface area (TPSA) is 93.5 Å². The summed E-state index contributed by atoms with van der Waals surface area (Å²) in [5, 5.41) is 11.0. The Morgan fingerprint density at radius 3 is 3.04 bits per heavy atom. The van der Waals surface area contributed by atoms with E-state index in [0.717, 1.165) is 34.1 Å². The molecule has 3 heterocycles. The van der Waals surface area contributed by atoms with Crippen molar-refractivity contribution in [2.45, 2.75) is 38.1 Å². The first kappa shape index (κ1) is 16.5. The molecule has 132 valence electrons. The molecule has 2 aromatic rings. The van der Waals surface area contributed by atoms with E-state index in [4.69, 9.17) is 4.65 Å². The fourth-order valence-electron chi connectivity index (χ4n) is 3.66. The van der Waals surface area contributed by atoms with Crippen molar-refractivity contribution in [1.29, 1.82) is 0 Å². The van der Waals surface area contributed by atoms with Crippen molar-refractivity contribution in [3.05, 3.63) is 29.5 Å². The zero-order valence-corrected chi connectivity index (χ0v) is 14.8. The van der Waals surface area contributed by atoms with Gasteiger partial charge in [-0.2, -0.15) is 4.73 Å². The van der Waals surface area contributed by atoms with Gasteiger partial charge < -0.3 is 9.86 Å². The Morgan fingerprint density at radius 1 is 1.48 bits per heavy atom. The maximum Gasteiger partial charge on any atom is 0.366 e. The van der Waals surface area contributed by atoms with Crippen LogP contribution in [-0.4, -0.2) is 42.6 Å². The predicted molar refractivity (Wildman–Crippen MR) is 96.7 cm³/mol. The summed E-state index contributed by atoms with van der Waals surface area (Å²) in [7, 11) is -2.68. The summed E-state index contributed by atoms with van der Waals surface area (Å²) >= 11 is 0. The summed E-state index contributed by atoms with van der Waals surface area (Å²) in [5.41, 5.74) is 2.41. The van der Waals surface area contributed by atoms with Crippen LogP contribution in [0.3, 0.4) is 0 Å². The number of hydrogen-bond acceptors (Lipinski definition) is 5. The van der Waals surface area contributed by atoms with Crippen LogP contribution in [0.25, 0.3) is 17.1 Å². The van der Waals surface area contributed by atoms with Gasteiger partial charge in [-0.1, -0.05) is 19.0 Å². The van der Waals surface area contributed by atoms with Crippen LogP contribution in [0.5, 0.6) is 5.75 Å². The quantitative estimate of drug-likeness (QED) is 0.623. The molecule has 0 aromatic carbocycles. The normalized spacial score (nSPS) is 22.1. The Hall–Kier alpha value is -2.00. The molecule has 0 atom stereocenters. The molecular weight excluding hydrogens is 341 g/mol. The zero-order chi connectivity index (χ0) is 17.6. The van der Waals surface area contributed by atoms with E-state index >= 15 is 0 Å². The Balaban J connectivity index is 1.61. The van der Waals surface area contributed by atoms with Gasteiger partial charge in [0, 0.05) is 23.2 Å². The molecule has 0 spiro atoms. The van der Waals surface area contributed by atoms with Crippen molar-refractivity contribution >= 4 is 34.6 Å². The number of hydrogen-bond donors (Lipinski definition) is 2. The third-order valence-corrected chi connectivity index (χ3v) is 6.48. The van der Waals surface area contributed by atoms with Gasteiger partial charge >= 0.3 is 7.48 Å². The highest BCUT2D eigenvalue weighted by molar-refractivity contribution is 7.89. The maximum atomic E-state index is 11.9. The number of rotatable bonds is 5. The minimum Gasteiger partial charge on any atom is -0.558 e. The largest absolute Gasteiger partial charge is 0.558 e. The van der Waals surface area contributed by atoms with Crippen molar-refractivity contribution < 1.29 is 18.3 Å². The van der Waals surface area contributed by atoms with Crippen molar-refractivity contribution in [1.82, 2.24) is 14.4 Å². The van der Waals surface area contributed by atoms with Gasteiger partial charge in [0.2, 0.25) is 10.0 Å².